The first-order valence-corrected chi connectivity index (χ1v) is 6.45. The van der Waals surface area contributed by atoms with Gasteiger partial charge < -0.3 is 10.1 Å². The van der Waals surface area contributed by atoms with Crippen LogP contribution in [0.4, 0.5) is 0 Å². The van der Waals surface area contributed by atoms with Crippen molar-refractivity contribution < 1.29 is 4.74 Å². The van der Waals surface area contributed by atoms with Crippen molar-refractivity contribution in [3.8, 4) is 0 Å². The summed E-state index contributed by atoms with van der Waals surface area (Å²) in [7, 11) is 2.01. The first-order valence-electron chi connectivity index (χ1n) is 6.07. The lowest BCUT2D eigenvalue weighted by molar-refractivity contribution is -0.123. The van der Waals surface area contributed by atoms with Crippen LogP contribution in [0.25, 0.3) is 0 Å². The molecule has 17 heavy (non-hydrogen) atoms. The maximum atomic E-state index is 5.97. The van der Waals surface area contributed by atoms with Crippen LogP contribution in [0.3, 0.4) is 0 Å². The fourth-order valence-corrected chi connectivity index (χ4v) is 2.69. The molecule has 3 heteroatoms. The number of ether oxygens (including phenoxy) is 1. The van der Waals surface area contributed by atoms with Crippen molar-refractivity contribution in [3.05, 3.63) is 34.9 Å². The molecule has 94 valence electrons. The number of halogens is 1. The van der Waals surface area contributed by atoms with Crippen LogP contribution < -0.4 is 5.32 Å². The highest BCUT2D eigenvalue weighted by Crippen LogP contribution is 2.42. The van der Waals surface area contributed by atoms with Gasteiger partial charge in [-0.25, -0.2) is 0 Å². The van der Waals surface area contributed by atoms with Crippen molar-refractivity contribution in [3.63, 3.8) is 0 Å². The van der Waals surface area contributed by atoms with E-state index in [1.165, 1.54) is 0 Å². The second kappa shape index (κ2) is 4.97. The summed E-state index contributed by atoms with van der Waals surface area (Å²) in [5.74, 6) is 0. The van der Waals surface area contributed by atoms with Gasteiger partial charge in [0.2, 0.25) is 0 Å². The molecule has 0 aliphatic heterocycles. The average Bonchev–Trinajstić information content (AvgIpc) is 2.28. The molecule has 0 radical (unpaired) electrons. The zero-order chi connectivity index (χ0) is 12.5. The van der Waals surface area contributed by atoms with Crippen LogP contribution in [0.1, 0.15) is 25.8 Å². The maximum absolute atomic E-state index is 5.97. The molecule has 1 N–H and O–H groups in total. The summed E-state index contributed by atoms with van der Waals surface area (Å²) in [6.07, 6.45) is 1.42. The SMILES string of the molecule is CNC1CC(OCc2cccc(Cl)c2)C1(C)C. The Morgan fingerprint density at radius 2 is 2.24 bits per heavy atom. The van der Waals surface area contributed by atoms with Gasteiger partial charge in [-0.2, -0.15) is 0 Å². The molecular weight excluding hydrogens is 234 g/mol. The molecular formula is C14H20ClNO. The summed E-state index contributed by atoms with van der Waals surface area (Å²) in [4.78, 5) is 0. The number of hydrogen-bond acceptors (Lipinski definition) is 2. The second-order valence-corrected chi connectivity index (χ2v) is 5.76. The van der Waals surface area contributed by atoms with E-state index in [4.69, 9.17) is 16.3 Å². The molecule has 1 aliphatic rings. The predicted octanol–water partition coefficient (Wildman–Crippen LogP) is 3.24. The lowest BCUT2D eigenvalue weighted by Crippen LogP contribution is -2.59. The van der Waals surface area contributed by atoms with E-state index < -0.39 is 0 Å². The lowest BCUT2D eigenvalue weighted by Gasteiger charge is -2.51. The highest BCUT2D eigenvalue weighted by molar-refractivity contribution is 6.30. The van der Waals surface area contributed by atoms with Gasteiger partial charge in [-0.1, -0.05) is 37.6 Å². The largest absolute Gasteiger partial charge is 0.373 e. The average molecular weight is 254 g/mol. The molecule has 1 fully saturated rings. The third kappa shape index (κ3) is 2.65. The molecule has 2 unspecified atom stereocenters. The van der Waals surface area contributed by atoms with E-state index >= 15 is 0 Å². The predicted molar refractivity (Wildman–Crippen MR) is 71.3 cm³/mol. The molecule has 1 aromatic carbocycles. The van der Waals surface area contributed by atoms with Gasteiger partial charge in [-0.3, -0.25) is 0 Å². The van der Waals surface area contributed by atoms with Gasteiger partial charge in [0.1, 0.15) is 0 Å². The number of nitrogens with one attached hydrogen (secondary N) is 1. The smallest absolute Gasteiger partial charge is 0.0721 e. The first kappa shape index (κ1) is 12.9. The van der Waals surface area contributed by atoms with Gasteiger partial charge >= 0.3 is 0 Å². The zero-order valence-corrected chi connectivity index (χ0v) is 11.4. The molecule has 0 spiro atoms. The monoisotopic (exact) mass is 253 g/mol. The van der Waals surface area contributed by atoms with Crippen LogP contribution in [-0.4, -0.2) is 19.2 Å². The molecule has 0 aromatic heterocycles. The summed E-state index contributed by atoms with van der Waals surface area (Å²) < 4.78 is 5.97. The van der Waals surface area contributed by atoms with Crippen LogP contribution >= 0.6 is 11.6 Å². The standard InChI is InChI=1S/C14H20ClNO/c1-14(2)12(16-3)8-13(14)17-9-10-5-4-6-11(15)7-10/h4-7,12-13,16H,8-9H2,1-3H3. The molecule has 2 nitrogen and oxygen atoms in total. The van der Waals surface area contributed by atoms with Crippen LogP contribution in [0, 0.1) is 5.41 Å². The summed E-state index contributed by atoms with van der Waals surface area (Å²) in [5, 5.41) is 4.10. The van der Waals surface area contributed by atoms with Gasteiger partial charge in [-0.15, -0.1) is 0 Å². The van der Waals surface area contributed by atoms with Crippen molar-refractivity contribution in [2.24, 2.45) is 5.41 Å². The minimum atomic E-state index is 0.216. The Labute approximate surface area is 108 Å². The van der Waals surface area contributed by atoms with Crippen molar-refractivity contribution >= 4 is 11.6 Å². The molecule has 0 amide bonds. The summed E-state index contributed by atoms with van der Waals surface area (Å²) in [5.41, 5.74) is 1.36. The quantitative estimate of drug-likeness (QED) is 0.890. The van der Waals surface area contributed by atoms with Gasteiger partial charge in [0.15, 0.2) is 0 Å². The topological polar surface area (TPSA) is 21.3 Å². The highest BCUT2D eigenvalue weighted by Gasteiger charge is 2.48. The molecule has 0 bridgehead atoms. The Morgan fingerprint density at radius 1 is 1.47 bits per heavy atom. The molecule has 1 aliphatic carbocycles. The van der Waals surface area contributed by atoms with Crippen molar-refractivity contribution in [1.29, 1.82) is 0 Å². The van der Waals surface area contributed by atoms with Gasteiger partial charge in [0.05, 0.1) is 12.7 Å². The van der Waals surface area contributed by atoms with Crippen LogP contribution in [0.15, 0.2) is 24.3 Å². The molecule has 0 heterocycles. The Morgan fingerprint density at radius 3 is 2.82 bits per heavy atom. The minimum Gasteiger partial charge on any atom is -0.373 e. The van der Waals surface area contributed by atoms with E-state index in [9.17, 15) is 0 Å². The van der Waals surface area contributed by atoms with Gasteiger partial charge in [0, 0.05) is 16.5 Å². The Kier molecular flexibility index (Phi) is 3.76. The summed E-state index contributed by atoms with van der Waals surface area (Å²) in [6.45, 7) is 5.14. The number of rotatable bonds is 4. The number of benzene rings is 1. The molecule has 1 aromatic rings. The Bertz CT molecular complexity index is 392. The summed E-state index contributed by atoms with van der Waals surface area (Å²) >= 11 is 5.94. The number of hydrogen-bond donors (Lipinski definition) is 1. The first-order chi connectivity index (χ1) is 8.04. The van der Waals surface area contributed by atoms with Crippen LogP contribution in [0.2, 0.25) is 5.02 Å². The fourth-order valence-electron chi connectivity index (χ4n) is 2.48. The van der Waals surface area contributed by atoms with E-state index in [0.717, 1.165) is 17.0 Å². The molecule has 0 saturated heterocycles. The minimum absolute atomic E-state index is 0.216. The zero-order valence-electron chi connectivity index (χ0n) is 10.7. The van der Waals surface area contributed by atoms with Crippen molar-refractivity contribution in [1.82, 2.24) is 5.32 Å². The third-order valence-electron chi connectivity index (χ3n) is 3.87. The van der Waals surface area contributed by atoms with E-state index in [1.807, 2.05) is 31.3 Å². The maximum Gasteiger partial charge on any atom is 0.0721 e. The van der Waals surface area contributed by atoms with Gasteiger partial charge in [0.25, 0.3) is 0 Å². The highest BCUT2D eigenvalue weighted by atomic mass is 35.5. The van der Waals surface area contributed by atoms with E-state index in [2.05, 4.69) is 19.2 Å². The van der Waals surface area contributed by atoms with Crippen LogP contribution in [-0.2, 0) is 11.3 Å². The normalized spacial score (nSPS) is 26.6. The van der Waals surface area contributed by atoms with E-state index in [-0.39, 0.29) is 5.41 Å². The van der Waals surface area contributed by atoms with Gasteiger partial charge in [-0.05, 0) is 31.2 Å². The Balaban J connectivity index is 1.88. The van der Waals surface area contributed by atoms with Crippen molar-refractivity contribution in [2.75, 3.05) is 7.05 Å². The van der Waals surface area contributed by atoms with Crippen LogP contribution in [0.5, 0.6) is 0 Å². The molecule has 2 atom stereocenters. The van der Waals surface area contributed by atoms with E-state index in [0.29, 0.717) is 18.8 Å². The third-order valence-corrected chi connectivity index (χ3v) is 4.10. The molecule has 2 rings (SSSR count). The van der Waals surface area contributed by atoms with Crippen molar-refractivity contribution in [2.45, 2.75) is 39.0 Å². The van der Waals surface area contributed by atoms with E-state index in [1.54, 1.807) is 0 Å². The second-order valence-electron chi connectivity index (χ2n) is 5.33. The lowest BCUT2D eigenvalue weighted by atomic mass is 9.64. The fraction of sp³-hybridized carbons (Fsp3) is 0.571. The summed E-state index contributed by atoms with van der Waals surface area (Å²) in [6, 6.07) is 8.42. The Hall–Kier alpha value is -0.570. The molecule has 1 saturated carbocycles.